The minimum absolute atomic E-state index is 0.195. The van der Waals surface area contributed by atoms with Gasteiger partial charge in [0.05, 0.1) is 10.2 Å². The minimum atomic E-state index is 0.195. The zero-order valence-electron chi connectivity index (χ0n) is 10.0. The molecule has 0 amide bonds. The van der Waals surface area contributed by atoms with Crippen molar-refractivity contribution in [3.8, 4) is 5.75 Å². The Morgan fingerprint density at radius 2 is 1.85 bits per heavy atom. The van der Waals surface area contributed by atoms with Crippen LogP contribution in [-0.2, 0) is 0 Å². The molecule has 0 radical (unpaired) electrons. The van der Waals surface area contributed by atoms with Crippen molar-refractivity contribution in [3.63, 3.8) is 0 Å². The van der Waals surface area contributed by atoms with Crippen LogP contribution in [0.4, 0.5) is 5.13 Å². The normalized spacial score (nSPS) is 11.5. The van der Waals surface area contributed by atoms with E-state index in [1.807, 2.05) is 24.3 Å². The van der Waals surface area contributed by atoms with Gasteiger partial charge in [0, 0.05) is 20.7 Å². The van der Waals surface area contributed by atoms with E-state index in [2.05, 4.69) is 41.8 Å². The molecule has 0 saturated heterocycles. The lowest BCUT2D eigenvalue weighted by Gasteiger charge is -1.97. The highest BCUT2D eigenvalue weighted by atomic mass is 79.9. The van der Waals surface area contributed by atoms with Crippen LogP contribution in [-0.4, -0.2) is 16.3 Å². The second-order valence-electron chi connectivity index (χ2n) is 4.07. The topological polar surface area (TPSA) is 45.5 Å². The van der Waals surface area contributed by atoms with Crippen molar-refractivity contribution in [2.45, 2.75) is 0 Å². The number of benzene rings is 2. The highest BCUT2D eigenvalue weighted by Gasteiger charge is 2.03. The lowest BCUT2D eigenvalue weighted by molar-refractivity contribution is 0.474. The molecule has 2 aromatic carbocycles. The van der Waals surface area contributed by atoms with Crippen LogP contribution in [0.3, 0.4) is 0 Å². The van der Waals surface area contributed by atoms with E-state index in [9.17, 15) is 5.11 Å². The van der Waals surface area contributed by atoms with Crippen LogP contribution in [0.25, 0.3) is 10.2 Å². The molecule has 1 aromatic heterocycles. The number of halogens is 2. The van der Waals surface area contributed by atoms with Crippen LogP contribution in [0, 0.1) is 0 Å². The molecular weight excluding hydrogens is 404 g/mol. The first-order chi connectivity index (χ1) is 9.61. The number of phenols is 1. The molecule has 0 saturated carbocycles. The summed E-state index contributed by atoms with van der Waals surface area (Å²) >= 11 is 8.31. The third-order valence-corrected chi connectivity index (χ3v) is 4.56. The van der Waals surface area contributed by atoms with Crippen molar-refractivity contribution in [2.75, 3.05) is 0 Å². The molecule has 0 bridgehead atoms. The van der Waals surface area contributed by atoms with E-state index >= 15 is 0 Å². The standard InChI is InChI=1S/C14H8Br2N2OS/c15-9-2-4-12(19)8(5-9)7-17-14-18-11-3-1-10(16)6-13(11)20-14/h1-7,19H/b17-7+. The van der Waals surface area contributed by atoms with Crippen LogP contribution in [0.15, 0.2) is 50.3 Å². The maximum Gasteiger partial charge on any atom is 0.210 e. The number of nitrogens with zero attached hydrogens (tertiary/aromatic N) is 2. The monoisotopic (exact) mass is 410 g/mol. The largest absolute Gasteiger partial charge is 0.507 e. The molecule has 0 spiro atoms. The summed E-state index contributed by atoms with van der Waals surface area (Å²) in [4.78, 5) is 8.76. The summed E-state index contributed by atoms with van der Waals surface area (Å²) in [5, 5.41) is 10.4. The van der Waals surface area contributed by atoms with E-state index in [-0.39, 0.29) is 5.75 Å². The van der Waals surface area contributed by atoms with Crippen LogP contribution in [0.1, 0.15) is 5.56 Å². The number of hydrogen-bond donors (Lipinski definition) is 1. The van der Waals surface area contributed by atoms with E-state index in [0.29, 0.717) is 10.7 Å². The first kappa shape index (κ1) is 13.7. The highest BCUT2D eigenvalue weighted by molar-refractivity contribution is 9.10. The summed E-state index contributed by atoms with van der Waals surface area (Å²) in [6.07, 6.45) is 1.62. The maximum atomic E-state index is 9.75. The van der Waals surface area contributed by atoms with Gasteiger partial charge in [-0.2, -0.15) is 0 Å². The fourth-order valence-corrected chi connectivity index (χ4v) is 3.44. The summed E-state index contributed by atoms with van der Waals surface area (Å²) < 4.78 is 2.99. The predicted octanol–water partition coefficient (Wildman–Crippen LogP) is 5.28. The van der Waals surface area contributed by atoms with Crippen LogP contribution < -0.4 is 0 Å². The van der Waals surface area contributed by atoms with E-state index in [1.54, 1.807) is 18.3 Å². The summed E-state index contributed by atoms with van der Waals surface area (Å²) in [5.41, 5.74) is 1.57. The van der Waals surface area contributed by atoms with E-state index in [1.165, 1.54) is 11.3 Å². The molecule has 0 atom stereocenters. The Kier molecular flexibility index (Phi) is 3.87. The molecule has 0 aliphatic carbocycles. The molecular formula is C14H8Br2N2OS. The molecule has 6 heteroatoms. The number of aliphatic imine (C=N–C) groups is 1. The van der Waals surface area contributed by atoms with E-state index < -0.39 is 0 Å². The number of rotatable bonds is 2. The quantitative estimate of drug-likeness (QED) is 0.583. The van der Waals surface area contributed by atoms with Crippen molar-refractivity contribution in [1.29, 1.82) is 0 Å². The Bertz CT molecular complexity index is 814. The van der Waals surface area contributed by atoms with Crippen molar-refractivity contribution >= 4 is 64.8 Å². The van der Waals surface area contributed by atoms with Gasteiger partial charge in [-0.3, -0.25) is 0 Å². The van der Waals surface area contributed by atoms with Gasteiger partial charge in [0.15, 0.2) is 0 Å². The van der Waals surface area contributed by atoms with Crippen LogP contribution in [0.5, 0.6) is 5.75 Å². The maximum absolute atomic E-state index is 9.75. The van der Waals surface area contributed by atoms with Crippen molar-refractivity contribution in [3.05, 3.63) is 50.9 Å². The van der Waals surface area contributed by atoms with Gasteiger partial charge in [0.2, 0.25) is 5.13 Å². The Hall–Kier alpha value is -1.24. The molecule has 0 unspecified atom stereocenters. The smallest absolute Gasteiger partial charge is 0.210 e. The predicted molar refractivity (Wildman–Crippen MR) is 90.4 cm³/mol. The van der Waals surface area contributed by atoms with Crippen molar-refractivity contribution in [2.24, 2.45) is 4.99 Å². The molecule has 3 nitrogen and oxygen atoms in total. The van der Waals surface area contributed by atoms with Gasteiger partial charge in [0.25, 0.3) is 0 Å². The number of aromatic hydroxyl groups is 1. The Balaban J connectivity index is 1.96. The van der Waals surface area contributed by atoms with Gasteiger partial charge < -0.3 is 5.11 Å². The van der Waals surface area contributed by atoms with Gasteiger partial charge in [-0.05, 0) is 36.4 Å². The number of fused-ring (bicyclic) bond motifs is 1. The molecule has 3 rings (SSSR count). The summed E-state index contributed by atoms with van der Waals surface area (Å²) in [5.74, 6) is 0.195. The molecule has 1 N–H and O–H groups in total. The molecule has 0 aliphatic heterocycles. The van der Waals surface area contributed by atoms with Crippen LogP contribution in [0.2, 0.25) is 0 Å². The minimum Gasteiger partial charge on any atom is -0.507 e. The Morgan fingerprint density at radius 1 is 1.10 bits per heavy atom. The van der Waals surface area contributed by atoms with Gasteiger partial charge in [-0.15, -0.1) is 0 Å². The third-order valence-electron chi connectivity index (χ3n) is 2.64. The van der Waals surface area contributed by atoms with E-state index in [4.69, 9.17) is 0 Å². The molecule has 3 aromatic rings. The molecule has 20 heavy (non-hydrogen) atoms. The van der Waals surface area contributed by atoms with E-state index in [0.717, 1.165) is 19.2 Å². The average molecular weight is 412 g/mol. The summed E-state index contributed by atoms with van der Waals surface area (Å²) in [6, 6.07) is 11.1. The van der Waals surface area contributed by atoms with Gasteiger partial charge in [-0.25, -0.2) is 9.98 Å². The second kappa shape index (κ2) is 5.63. The Labute approximate surface area is 136 Å². The van der Waals surface area contributed by atoms with Gasteiger partial charge in [-0.1, -0.05) is 43.2 Å². The number of aromatic nitrogens is 1. The summed E-state index contributed by atoms with van der Waals surface area (Å²) in [7, 11) is 0. The number of thiazole rings is 1. The molecule has 1 heterocycles. The van der Waals surface area contributed by atoms with Gasteiger partial charge in [0.1, 0.15) is 5.75 Å². The van der Waals surface area contributed by atoms with Crippen molar-refractivity contribution in [1.82, 2.24) is 4.98 Å². The highest BCUT2D eigenvalue weighted by Crippen LogP contribution is 2.30. The molecule has 100 valence electrons. The second-order valence-corrected chi connectivity index (χ2v) is 6.91. The van der Waals surface area contributed by atoms with Gasteiger partial charge >= 0.3 is 0 Å². The number of phenolic OH excluding ortho intramolecular Hbond substituents is 1. The lowest BCUT2D eigenvalue weighted by Crippen LogP contribution is -1.81. The van der Waals surface area contributed by atoms with Crippen LogP contribution >= 0.6 is 43.2 Å². The molecule has 0 aliphatic rings. The first-order valence-electron chi connectivity index (χ1n) is 5.70. The fourth-order valence-electron chi connectivity index (χ4n) is 1.70. The summed E-state index contributed by atoms with van der Waals surface area (Å²) in [6.45, 7) is 0. The first-order valence-corrected chi connectivity index (χ1v) is 8.11. The zero-order valence-corrected chi connectivity index (χ0v) is 14.0. The van der Waals surface area contributed by atoms with Crippen molar-refractivity contribution < 1.29 is 5.11 Å². The number of hydrogen-bond acceptors (Lipinski definition) is 4. The molecule has 0 fully saturated rings. The SMILES string of the molecule is Oc1ccc(Br)cc1/C=N/c1nc2ccc(Br)cc2s1. The zero-order chi connectivity index (χ0) is 14.1. The lowest BCUT2D eigenvalue weighted by atomic mass is 10.2. The fraction of sp³-hybridized carbons (Fsp3) is 0. The average Bonchev–Trinajstić information content (AvgIpc) is 2.81. The third kappa shape index (κ3) is 2.92. The Morgan fingerprint density at radius 3 is 2.70 bits per heavy atom.